The Bertz CT molecular complexity index is 364. The molecule has 0 bridgehead atoms. The third-order valence-corrected chi connectivity index (χ3v) is 2.72. The van der Waals surface area contributed by atoms with E-state index in [-0.39, 0.29) is 6.61 Å². The van der Waals surface area contributed by atoms with Gasteiger partial charge in [-0.05, 0) is 39.4 Å². The van der Waals surface area contributed by atoms with E-state index in [1.54, 1.807) is 6.92 Å². The van der Waals surface area contributed by atoms with Crippen LogP contribution in [-0.4, -0.2) is 29.3 Å². The van der Waals surface area contributed by atoms with Gasteiger partial charge in [0, 0.05) is 12.2 Å². The van der Waals surface area contributed by atoms with Crippen molar-refractivity contribution in [2.45, 2.75) is 39.3 Å². The molecule has 0 amide bonds. The zero-order valence-corrected chi connectivity index (χ0v) is 11.1. The van der Waals surface area contributed by atoms with Crippen LogP contribution in [0.1, 0.15) is 31.7 Å². The molecular weight excluding hydrogens is 216 g/mol. The van der Waals surface area contributed by atoms with E-state index >= 15 is 0 Å². The molecule has 0 saturated carbocycles. The van der Waals surface area contributed by atoms with Crippen molar-refractivity contribution in [2.24, 2.45) is 0 Å². The quantitative estimate of drug-likeness (QED) is 0.791. The lowest BCUT2D eigenvalue weighted by molar-refractivity contribution is 0.00802. The molecule has 1 aromatic heterocycles. The first-order valence-corrected chi connectivity index (χ1v) is 5.95. The van der Waals surface area contributed by atoms with Crippen molar-refractivity contribution >= 4 is 0 Å². The lowest BCUT2D eigenvalue weighted by Gasteiger charge is -2.22. The van der Waals surface area contributed by atoms with Gasteiger partial charge in [-0.3, -0.25) is 4.98 Å². The number of rotatable bonds is 6. The van der Waals surface area contributed by atoms with Crippen LogP contribution >= 0.6 is 0 Å². The van der Waals surface area contributed by atoms with Gasteiger partial charge in [0.15, 0.2) is 0 Å². The maximum Gasteiger partial charge on any atom is 0.142 e. The maximum atomic E-state index is 9.90. The van der Waals surface area contributed by atoms with Gasteiger partial charge in [-0.25, -0.2) is 0 Å². The highest BCUT2D eigenvalue weighted by Crippen LogP contribution is 2.19. The lowest BCUT2D eigenvalue weighted by Crippen LogP contribution is -2.31. The van der Waals surface area contributed by atoms with Crippen molar-refractivity contribution in [2.75, 3.05) is 13.7 Å². The fraction of sp³-hybridized carbons (Fsp3) is 0.615. The van der Waals surface area contributed by atoms with Crippen LogP contribution in [0.15, 0.2) is 12.1 Å². The molecule has 4 heteroatoms. The predicted molar refractivity (Wildman–Crippen MR) is 68.1 cm³/mol. The second kappa shape index (κ2) is 5.98. The molecule has 2 N–H and O–H groups in total. The van der Waals surface area contributed by atoms with Crippen molar-refractivity contribution < 1.29 is 9.84 Å². The minimum Gasteiger partial charge on any atom is -0.489 e. The minimum atomic E-state index is -0.790. The van der Waals surface area contributed by atoms with Gasteiger partial charge in [-0.1, -0.05) is 6.92 Å². The van der Waals surface area contributed by atoms with Crippen molar-refractivity contribution in [1.29, 1.82) is 0 Å². The Morgan fingerprint density at radius 3 is 2.76 bits per heavy atom. The van der Waals surface area contributed by atoms with E-state index in [2.05, 4.69) is 10.3 Å². The summed E-state index contributed by atoms with van der Waals surface area (Å²) in [7, 11) is 1.87. The van der Waals surface area contributed by atoms with Gasteiger partial charge in [0.25, 0.3) is 0 Å². The van der Waals surface area contributed by atoms with Crippen LogP contribution in [0.5, 0.6) is 5.75 Å². The number of nitrogens with zero attached hydrogens (tertiary/aromatic N) is 1. The topological polar surface area (TPSA) is 54.4 Å². The normalized spacial score (nSPS) is 14.4. The molecule has 1 unspecified atom stereocenters. The van der Waals surface area contributed by atoms with E-state index in [9.17, 15) is 5.11 Å². The zero-order valence-electron chi connectivity index (χ0n) is 11.1. The van der Waals surface area contributed by atoms with E-state index in [1.807, 2.05) is 33.0 Å². The first-order chi connectivity index (χ1) is 7.98. The summed E-state index contributed by atoms with van der Waals surface area (Å²) in [5.41, 5.74) is 1.05. The lowest BCUT2D eigenvalue weighted by atomic mass is 10.1. The standard InChI is InChI=1S/C13H22N2O2/c1-5-13(3,16)9-17-12-7-6-10(2)15-11(12)8-14-4/h6-7,14,16H,5,8-9H2,1-4H3. The molecule has 0 spiro atoms. The number of hydrogen-bond donors (Lipinski definition) is 2. The Balaban J connectivity index is 2.76. The summed E-state index contributed by atoms with van der Waals surface area (Å²) in [5, 5.41) is 13.0. The van der Waals surface area contributed by atoms with Gasteiger partial charge in [-0.15, -0.1) is 0 Å². The summed E-state index contributed by atoms with van der Waals surface area (Å²) in [5.74, 6) is 0.735. The molecule has 0 aromatic carbocycles. The SMILES string of the molecule is CCC(C)(O)COc1ccc(C)nc1CNC. The molecule has 0 aliphatic carbocycles. The van der Waals surface area contributed by atoms with Crippen molar-refractivity contribution in [3.8, 4) is 5.75 Å². The minimum absolute atomic E-state index is 0.283. The Kier molecular flexibility index (Phi) is 4.90. The highest BCUT2D eigenvalue weighted by Gasteiger charge is 2.19. The molecule has 17 heavy (non-hydrogen) atoms. The number of aryl methyl sites for hydroxylation is 1. The largest absolute Gasteiger partial charge is 0.489 e. The molecule has 0 fully saturated rings. The molecule has 0 aliphatic rings. The molecule has 1 rings (SSSR count). The van der Waals surface area contributed by atoms with Gasteiger partial charge < -0.3 is 15.2 Å². The second-order valence-electron chi connectivity index (χ2n) is 4.57. The molecule has 0 aliphatic heterocycles. The van der Waals surface area contributed by atoms with Crippen molar-refractivity contribution in [1.82, 2.24) is 10.3 Å². The first kappa shape index (κ1) is 13.9. The van der Waals surface area contributed by atoms with E-state index in [1.165, 1.54) is 0 Å². The molecule has 4 nitrogen and oxygen atoms in total. The van der Waals surface area contributed by atoms with Crippen LogP contribution in [0.25, 0.3) is 0 Å². The van der Waals surface area contributed by atoms with E-state index in [0.29, 0.717) is 13.0 Å². The van der Waals surface area contributed by atoms with E-state index in [0.717, 1.165) is 17.1 Å². The van der Waals surface area contributed by atoms with Gasteiger partial charge in [-0.2, -0.15) is 0 Å². The number of hydrogen-bond acceptors (Lipinski definition) is 4. The van der Waals surface area contributed by atoms with Crippen LogP contribution in [0, 0.1) is 6.92 Å². The van der Waals surface area contributed by atoms with Gasteiger partial charge in [0.05, 0.1) is 11.3 Å². The summed E-state index contributed by atoms with van der Waals surface area (Å²) in [4.78, 5) is 4.42. The number of ether oxygens (including phenoxy) is 1. The van der Waals surface area contributed by atoms with Crippen LogP contribution in [0.2, 0.25) is 0 Å². The van der Waals surface area contributed by atoms with E-state index < -0.39 is 5.60 Å². The summed E-state index contributed by atoms with van der Waals surface area (Å²) in [6.45, 7) is 6.60. The van der Waals surface area contributed by atoms with Crippen molar-refractivity contribution in [3.05, 3.63) is 23.5 Å². The molecular formula is C13H22N2O2. The van der Waals surface area contributed by atoms with Crippen LogP contribution in [0.3, 0.4) is 0 Å². The van der Waals surface area contributed by atoms with Gasteiger partial charge in [0.1, 0.15) is 12.4 Å². The summed E-state index contributed by atoms with van der Waals surface area (Å²) in [6.07, 6.45) is 0.660. The van der Waals surface area contributed by atoms with Crippen molar-refractivity contribution in [3.63, 3.8) is 0 Å². The first-order valence-electron chi connectivity index (χ1n) is 5.95. The summed E-state index contributed by atoms with van der Waals surface area (Å²) < 4.78 is 5.65. The Hall–Kier alpha value is -1.13. The highest BCUT2D eigenvalue weighted by atomic mass is 16.5. The molecule has 1 atom stereocenters. The fourth-order valence-electron chi connectivity index (χ4n) is 1.36. The van der Waals surface area contributed by atoms with Crippen LogP contribution in [0.4, 0.5) is 0 Å². The fourth-order valence-corrected chi connectivity index (χ4v) is 1.36. The Morgan fingerprint density at radius 1 is 1.47 bits per heavy atom. The number of aliphatic hydroxyl groups is 1. The molecule has 96 valence electrons. The number of aromatic nitrogens is 1. The maximum absolute atomic E-state index is 9.90. The zero-order chi connectivity index (χ0) is 12.9. The molecule has 1 heterocycles. The summed E-state index contributed by atoms with van der Waals surface area (Å²) in [6, 6.07) is 3.82. The summed E-state index contributed by atoms with van der Waals surface area (Å²) >= 11 is 0. The highest BCUT2D eigenvalue weighted by molar-refractivity contribution is 5.29. The number of nitrogens with one attached hydrogen (secondary N) is 1. The van der Waals surface area contributed by atoms with Crippen LogP contribution < -0.4 is 10.1 Å². The predicted octanol–water partition coefficient (Wildman–Crippen LogP) is 1.65. The Morgan fingerprint density at radius 2 is 2.18 bits per heavy atom. The molecule has 0 saturated heterocycles. The third-order valence-electron chi connectivity index (χ3n) is 2.72. The molecule has 0 radical (unpaired) electrons. The van der Waals surface area contributed by atoms with Gasteiger partial charge in [0.2, 0.25) is 0 Å². The average Bonchev–Trinajstić information content (AvgIpc) is 2.28. The van der Waals surface area contributed by atoms with Gasteiger partial charge >= 0.3 is 0 Å². The monoisotopic (exact) mass is 238 g/mol. The van der Waals surface area contributed by atoms with Crippen LogP contribution in [-0.2, 0) is 6.54 Å². The third kappa shape index (κ3) is 4.32. The second-order valence-corrected chi connectivity index (χ2v) is 4.57. The van der Waals surface area contributed by atoms with E-state index in [4.69, 9.17) is 4.74 Å². The smallest absolute Gasteiger partial charge is 0.142 e. The molecule has 1 aromatic rings. The number of pyridine rings is 1. The average molecular weight is 238 g/mol. The Labute approximate surface area is 103 Å².